The van der Waals surface area contributed by atoms with Crippen LogP contribution in [0.2, 0.25) is 0 Å². The van der Waals surface area contributed by atoms with Crippen LogP contribution in [0, 0.1) is 0 Å². The molecule has 4 N–H and O–H groups in total. The van der Waals surface area contributed by atoms with Gasteiger partial charge in [-0.3, -0.25) is 0 Å². The van der Waals surface area contributed by atoms with Crippen molar-refractivity contribution in [3.05, 3.63) is 0 Å². The fraction of sp³-hybridized carbons (Fsp3) is 0.800. The van der Waals surface area contributed by atoms with E-state index in [4.69, 9.17) is 14.9 Å². The number of aliphatic hydroxyl groups excluding tert-OH is 1. The van der Waals surface area contributed by atoms with Crippen LogP contribution in [-0.4, -0.2) is 53.6 Å². The topological polar surface area (TPSA) is 108 Å². The number of hydrogen-bond donors (Lipinski definition) is 4. The second-order valence-corrected chi connectivity index (χ2v) is 3.95. The molecule has 98 valence electrons. The third-order valence-electron chi connectivity index (χ3n) is 2.57. The number of carbonyl (C=O) groups excluding carboxylic acids is 1. The quantitative estimate of drug-likeness (QED) is 0.495. The number of amides is 2. The summed E-state index contributed by atoms with van der Waals surface area (Å²) >= 11 is 0. The minimum atomic E-state index is -1.57. The van der Waals surface area contributed by atoms with Crippen molar-refractivity contribution in [2.75, 3.05) is 13.2 Å². The molecule has 0 aliphatic heterocycles. The van der Waals surface area contributed by atoms with Crippen LogP contribution in [0.3, 0.4) is 0 Å². The molecule has 0 unspecified atom stereocenters. The Bertz CT molecular complexity index is 278. The molecule has 7 heteroatoms. The first kappa shape index (κ1) is 13.7. The van der Waals surface area contributed by atoms with Crippen LogP contribution in [0.5, 0.6) is 0 Å². The number of rotatable bonds is 6. The number of urea groups is 1. The van der Waals surface area contributed by atoms with Gasteiger partial charge in [0.1, 0.15) is 0 Å². The Morgan fingerprint density at radius 1 is 1.47 bits per heavy atom. The Morgan fingerprint density at radius 3 is 2.65 bits per heavy atom. The van der Waals surface area contributed by atoms with Crippen LogP contribution in [0.1, 0.15) is 19.8 Å². The first-order chi connectivity index (χ1) is 8.02. The summed E-state index contributed by atoms with van der Waals surface area (Å²) in [7, 11) is 0. The van der Waals surface area contributed by atoms with E-state index >= 15 is 0 Å². The Hall–Kier alpha value is -1.34. The molecular formula is C10H18N2O5. The molecule has 0 aromatic heterocycles. The lowest BCUT2D eigenvalue weighted by molar-refractivity contribution is -0.146. The number of carbonyl (C=O) groups is 2. The highest BCUT2D eigenvalue weighted by molar-refractivity contribution is 5.76. The van der Waals surface area contributed by atoms with E-state index in [0.29, 0.717) is 6.61 Å². The molecule has 1 aliphatic carbocycles. The van der Waals surface area contributed by atoms with Gasteiger partial charge in [0, 0.05) is 12.6 Å². The summed E-state index contributed by atoms with van der Waals surface area (Å²) in [5.74, 6) is -1.36. The van der Waals surface area contributed by atoms with Crippen molar-refractivity contribution >= 4 is 12.0 Å². The van der Waals surface area contributed by atoms with Crippen LogP contribution in [-0.2, 0) is 9.53 Å². The Morgan fingerprint density at radius 2 is 2.12 bits per heavy atom. The molecule has 1 rings (SSSR count). The highest BCUT2D eigenvalue weighted by Crippen LogP contribution is 2.22. The molecule has 1 atom stereocenters. The van der Waals surface area contributed by atoms with E-state index in [1.807, 2.05) is 6.92 Å². The number of carboxylic acid groups (broad SMARTS) is 1. The predicted molar refractivity (Wildman–Crippen MR) is 58.6 cm³/mol. The lowest BCUT2D eigenvalue weighted by atomic mass is 9.89. The van der Waals surface area contributed by atoms with Gasteiger partial charge in [-0.1, -0.05) is 0 Å². The van der Waals surface area contributed by atoms with Crippen molar-refractivity contribution < 1.29 is 24.5 Å². The first-order valence-corrected chi connectivity index (χ1v) is 5.59. The van der Waals surface area contributed by atoms with Crippen LogP contribution in [0.25, 0.3) is 0 Å². The molecule has 0 radical (unpaired) electrons. The number of carboxylic acids is 1. The molecule has 0 bridgehead atoms. The van der Waals surface area contributed by atoms with Crippen LogP contribution in [0.4, 0.5) is 4.79 Å². The summed E-state index contributed by atoms with van der Waals surface area (Å²) in [6.45, 7) is 2.28. The van der Waals surface area contributed by atoms with Crippen LogP contribution < -0.4 is 10.6 Å². The van der Waals surface area contributed by atoms with Crippen molar-refractivity contribution in [1.82, 2.24) is 10.6 Å². The van der Waals surface area contributed by atoms with Crippen molar-refractivity contribution in [1.29, 1.82) is 0 Å². The summed E-state index contributed by atoms with van der Waals surface area (Å²) in [6, 6.07) is -0.404. The van der Waals surface area contributed by atoms with Crippen LogP contribution in [0.15, 0.2) is 0 Å². The molecule has 0 aromatic rings. The van der Waals surface area contributed by atoms with Crippen molar-refractivity contribution in [2.24, 2.45) is 0 Å². The molecule has 1 saturated carbocycles. The molecule has 0 spiro atoms. The molecule has 2 amide bonds. The molecular weight excluding hydrogens is 228 g/mol. The number of nitrogens with one attached hydrogen (secondary N) is 2. The molecule has 1 fully saturated rings. The minimum absolute atomic E-state index is 0.0634. The van der Waals surface area contributed by atoms with E-state index in [0.717, 1.165) is 12.8 Å². The average Bonchev–Trinajstić information content (AvgIpc) is 2.22. The smallest absolute Gasteiger partial charge is 0.334 e. The van der Waals surface area contributed by atoms with Gasteiger partial charge >= 0.3 is 12.0 Å². The lowest BCUT2D eigenvalue weighted by Crippen LogP contribution is -2.52. The summed E-state index contributed by atoms with van der Waals surface area (Å²) in [6.07, 6.45) is 0.166. The molecule has 0 saturated heterocycles. The number of hydrogen-bond acceptors (Lipinski definition) is 4. The second kappa shape index (κ2) is 6.41. The second-order valence-electron chi connectivity index (χ2n) is 3.95. The van der Waals surface area contributed by atoms with Crippen molar-refractivity contribution in [3.63, 3.8) is 0 Å². The maximum atomic E-state index is 11.3. The molecule has 7 nitrogen and oxygen atoms in total. The summed E-state index contributed by atoms with van der Waals surface area (Å²) in [5, 5.41) is 22.3. The molecule has 1 aliphatic rings. The SMILES string of the molecule is CCOC1CC(NC(=O)NC[C@H](O)C(=O)O)C1. The van der Waals surface area contributed by atoms with Gasteiger partial charge in [-0.25, -0.2) is 9.59 Å². The summed E-state index contributed by atoms with van der Waals surface area (Å²) < 4.78 is 5.33. The maximum absolute atomic E-state index is 11.3. The minimum Gasteiger partial charge on any atom is -0.479 e. The highest BCUT2D eigenvalue weighted by atomic mass is 16.5. The van der Waals surface area contributed by atoms with Gasteiger partial charge < -0.3 is 25.6 Å². The molecule has 0 heterocycles. The Labute approximate surface area is 99.1 Å². The first-order valence-electron chi connectivity index (χ1n) is 5.59. The predicted octanol–water partition coefficient (Wildman–Crippen LogP) is -0.701. The fourth-order valence-corrected chi connectivity index (χ4v) is 1.57. The van der Waals surface area contributed by atoms with Crippen molar-refractivity contribution in [2.45, 2.75) is 38.0 Å². The highest BCUT2D eigenvalue weighted by Gasteiger charge is 2.30. The summed E-state index contributed by atoms with van der Waals surface area (Å²) in [4.78, 5) is 21.5. The zero-order valence-corrected chi connectivity index (χ0v) is 9.68. The van der Waals surface area contributed by atoms with Gasteiger partial charge in [0.05, 0.1) is 12.6 Å². The third-order valence-corrected chi connectivity index (χ3v) is 2.57. The van der Waals surface area contributed by atoms with Crippen molar-refractivity contribution in [3.8, 4) is 0 Å². The van der Waals surface area contributed by atoms with Gasteiger partial charge in [0.15, 0.2) is 6.10 Å². The standard InChI is InChI=1S/C10H18N2O5/c1-2-17-7-3-6(4-7)12-10(16)11-5-8(13)9(14)15/h6-8,13H,2-5H2,1H3,(H,14,15)(H2,11,12,16)/t6?,7?,8-/m0/s1. The van der Waals surface area contributed by atoms with E-state index in [1.165, 1.54) is 0 Å². The number of aliphatic carboxylic acids is 1. The van der Waals surface area contributed by atoms with Gasteiger partial charge in [-0.05, 0) is 19.8 Å². The van der Waals surface area contributed by atoms with Gasteiger partial charge in [0.2, 0.25) is 0 Å². The largest absolute Gasteiger partial charge is 0.479 e. The maximum Gasteiger partial charge on any atom is 0.334 e. The van der Waals surface area contributed by atoms with Crippen LogP contribution >= 0.6 is 0 Å². The van der Waals surface area contributed by atoms with E-state index in [2.05, 4.69) is 10.6 Å². The van der Waals surface area contributed by atoms with E-state index < -0.39 is 18.1 Å². The zero-order chi connectivity index (χ0) is 12.8. The lowest BCUT2D eigenvalue weighted by Gasteiger charge is -2.35. The van der Waals surface area contributed by atoms with Gasteiger partial charge in [-0.2, -0.15) is 0 Å². The molecule has 0 aromatic carbocycles. The van der Waals surface area contributed by atoms with Gasteiger partial charge in [-0.15, -0.1) is 0 Å². The third kappa shape index (κ3) is 4.58. The number of ether oxygens (including phenoxy) is 1. The van der Waals surface area contributed by atoms with E-state index in [1.54, 1.807) is 0 Å². The zero-order valence-electron chi connectivity index (χ0n) is 9.68. The summed E-state index contributed by atoms with van der Waals surface area (Å²) in [5.41, 5.74) is 0. The fourth-order valence-electron chi connectivity index (χ4n) is 1.57. The number of aliphatic hydroxyl groups is 1. The van der Waals surface area contributed by atoms with E-state index in [9.17, 15) is 9.59 Å². The Kier molecular flexibility index (Phi) is 5.17. The van der Waals surface area contributed by atoms with Gasteiger partial charge in [0.25, 0.3) is 0 Å². The average molecular weight is 246 g/mol. The van der Waals surface area contributed by atoms with E-state index in [-0.39, 0.29) is 18.7 Å². The monoisotopic (exact) mass is 246 g/mol. The molecule has 17 heavy (non-hydrogen) atoms. The Balaban J connectivity index is 2.09. The normalized spacial score (nSPS) is 24.6.